The molecule has 9 heteroatoms. The summed E-state index contributed by atoms with van der Waals surface area (Å²) in [5.74, 6) is 0.0667. The zero-order chi connectivity index (χ0) is 26.5. The highest BCUT2D eigenvalue weighted by atomic mass is 16.5. The van der Waals surface area contributed by atoms with Gasteiger partial charge in [-0.15, -0.1) is 0 Å². The summed E-state index contributed by atoms with van der Waals surface area (Å²) < 4.78 is 7.19. The van der Waals surface area contributed by atoms with Crippen molar-refractivity contribution in [3.8, 4) is 11.5 Å². The second-order valence-electron chi connectivity index (χ2n) is 9.64. The average Bonchev–Trinajstić information content (AvgIpc) is 2.83. The minimum absolute atomic E-state index is 0.133. The number of carbonyl (C=O) groups excluding carboxylic acids is 1. The molecule has 2 aromatic carbocycles. The van der Waals surface area contributed by atoms with Crippen molar-refractivity contribution in [3.05, 3.63) is 80.0 Å². The molecule has 37 heavy (non-hydrogen) atoms. The van der Waals surface area contributed by atoms with Gasteiger partial charge in [-0.1, -0.05) is 30.3 Å². The van der Waals surface area contributed by atoms with Gasteiger partial charge in [0.05, 0.1) is 17.1 Å². The molecule has 9 nitrogen and oxygen atoms in total. The molecule has 0 spiro atoms. The number of nitrogens with zero attached hydrogens (tertiary/aromatic N) is 4. The van der Waals surface area contributed by atoms with E-state index in [0.717, 1.165) is 22.2 Å². The van der Waals surface area contributed by atoms with E-state index in [9.17, 15) is 14.4 Å². The van der Waals surface area contributed by atoms with Gasteiger partial charge in [0.2, 0.25) is 0 Å². The second-order valence-corrected chi connectivity index (χ2v) is 9.64. The molecule has 4 rings (SSSR count). The van der Waals surface area contributed by atoms with Crippen LogP contribution < -0.4 is 11.2 Å². The minimum Gasteiger partial charge on any atom is -0.463 e. The molecule has 0 saturated heterocycles. The van der Waals surface area contributed by atoms with Gasteiger partial charge in [0.25, 0.3) is 5.56 Å². The zero-order valence-corrected chi connectivity index (χ0v) is 21.8. The van der Waals surface area contributed by atoms with Crippen LogP contribution in [-0.4, -0.2) is 49.6 Å². The van der Waals surface area contributed by atoms with Gasteiger partial charge in [-0.05, 0) is 69.5 Å². The molecule has 2 aliphatic rings. The number of rotatable bonds is 10. The Morgan fingerprint density at radius 3 is 2.51 bits per heavy atom. The highest BCUT2D eigenvalue weighted by Crippen LogP contribution is 2.24. The smallest absolute Gasteiger partial charge is 0.349 e. The number of aromatic amines is 1. The SMILES string of the molecule is Cc1cc2nc3c(=O)[nH]c(=O)nc-3n(CCN(CCCC(=O)OC(C)C)Cc3ccccc3)c2cc1C. The van der Waals surface area contributed by atoms with Crippen LogP contribution in [-0.2, 0) is 22.6 Å². The maximum absolute atomic E-state index is 12.6. The number of fused-ring (bicyclic) bond motifs is 2. The largest absolute Gasteiger partial charge is 0.463 e. The molecule has 0 radical (unpaired) electrons. The molecule has 0 bridgehead atoms. The number of H-pyrrole nitrogens is 1. The Bertz CT molecular complexity index is 1480. The van der Waals surface area contributed by atoms with Crippen LogP contribution in [0.1, 0.15) is 43.4 Å². The summed E-state index contributed by atoms with van der Waals surface area (Å²) in [7, 11) is 0. The Morgan fingerprint density at radius 2 is 1.78 bits per heavy atom. The Kier molecular flexibility index (Phi) is 8.13. The minimum atomic E-state index is -0.693. The van der Waals surface area contributed by atoms with E-state index in [4.69, 9.17) is 4.74 Å². The van der Waals surface area contributed by atoms with E-state index in [1.165, 1.54) is 0 Å². The number of hydrogen-bond acceptors (Lipinski definition) is 7. The summed E-state index contributed by atoms with van der Waals surface area (Å²) >= 11 is 0. The lowest BCUT2D eigenvalue weighted by Crippen LogP contribution is -2.32. The van der Waals surface area contributed by atoms with Crippen molar-refractivity contribution in [2.45, 2.75) is 59.7 Å². The van der Waals surface area contributed by atoms with Gasteiger partial charge in [-0.2, -0.15) is 4.98 Å². The van der Waals surface area contributed by atoms with Crippen LogP contribution in [0.4, 0.5) is 0 Å². The van der Waals surface area contributed by atoms with Gasteiger partial charge < -0.3 is 9.30 Å². The standard InChI is InChI=1S/C28H33N5O4/c1-18(2)37-24(34)11-8-12-32(17-21-9-6-5-7-10-21)13-14-33-23-16-20(4)19(3)15-22(23)29-25-26(33)30-28(36)31-27(25)35/h5-7,9-10,15-16,18H,8,11-14,17H2,1-4H3,(H,31,35,36). The summed E-state index contributed by atoms with van der Waals surface area (Å²) in [5.41, 5.74) is 3.69. The van der Waals surface area contributed by atoms with Crippen molar-refractivity contribution in [2.75, 3.05) is 13.1 Å². The maximum Gasteiger partial charge on any atom is 0.349 e. The van der Waals surface area contributed by atoms with Gasteiger partial charge >= 0.3 is 11.7 Å². The lowest BCUT2D eigenvalue weighted by Gasteiger charge is -2.25. The van der Waals surface area contributed by atoms with Crippen molar-refractivity contribution in [2.24, 2.45) is 0 Å². The van der Waals surface area contributed by atoms with Crippen molar-refractivity contribution in [3.63, 3.8) is 0 Å². The highest BCUT2D eigenvalue weighted by Gasteiger charge is 2.20. The van der Waals surface area contributed by atoms with Gasteiger partial charge in [-0.25, -0.2) is 9.78 Å². The fourth-order valence-corrected chi connectivity index (χ4v) is 4.40. The molecule has 0 unspecified atom stereocenters. The van der Waals surface area contributed by atoms with E-state index < -0.39 is 11.2 Å². The fourth-order valence-electron chi connectivity index (χ4n) is 4.40. The van der Waals surface area contributed by atoms with E-state index in [2.05, 4.69) is 32.0 Å². The van der Waals surface area contributed by atoms with Crippen LogP contribution in [0.5, 0.6) is 0 Å². The Hall–Kier alpha value is -3.85. The first kappa shape index (κ1) is 26.2. The lowest BCUT2D eigenvalue weighted by molar-refractivity contribution is -0.147. The molecule has 2 aliphatic heterocycles. The first-order valence-electron chi connectivity index (χ1n) is 12.6. The van der Waals surface area contributed by atoms with Crippen molar-refractivity contribution in [1.82, 2.24) is 24.4 Å². The van der Waals surface area contributed by atoms with Crippen molar-refractivity contribution in [1.29, 1.82) is 0 Å². The van der Waals surface area contributed by atoms with Gasteiger partial charge in [0.1, 0.15) is 0 Å². The van der Waals surface area contributed by atoms with E-state index in [1.54, 1.807) is 0 Å². The van der Waals surface area contributed by atoms with Gasteiger partial charge in [0, 0.05) is 26.1 Å². The molecule has 0 fully saturated rings. The number of hydrogen-bond donors (Lipinski definition) is 1. The predicted octanol–water partition coefficient (Wildman–Crippen LogP) is 3.44. The molecule has 0 aromatic heterocycles. The van der Waals surface area contributed by atoms with Crippen LogP contribution >= 0.6 is 0 Å². The molecule has 0 saturated carbocycles. The number of carbonyl (C=O) groups is 1. The number of ether oxygens (including phenoxy) is 1. The summed E-state index contributed by atoms with van der Waals surface area (Å²) in [6, 6.07) is 14.1. The quantitative estimate of drug-likeness (QED) is 0.261. The van der Waals surface area contributed by atoms with Crippen molar-refractivity contribution >= 4 is 17.0 Å². The molecule has 2 aromatic rings. The highest BCUT2D eigenvalue weighted by molar-refractivity contribution is 5.81. The summed E-state index contributed by atoms with van der Waals surface area (Å²) in [5, 5.41) is 0. The van der Waals surface area contributed by atoms with E-state index in [-0.39, 0.29) is 23.6 Å². The van der Waals surface area contributed by atoms with Crippen LogP contribution in [0.3, 0.4) is 0 Å². The van der Waals surface area contributed by atoms with Crippen LogP contribution in [0.15, 0.2) is 52.1 Å². The van der Waals surface area contributed by atoms with E-state index in [1.807, 2.05) is 62.6 Å². The third kappa shape index (κ3) is 6.48. The number of aryl methyl sites for hydroxylation is 2. The molecule has 0 amide bonds. The maximum atomic E-state index is 12.6. The number of aromatic nitrogens is 4. The van der Waals surface area contributed by atoms with Crippen molar-refractivity contribution < 1.29 is 9.53 Å². The van der Waals surface area contributed by atoms with Gasteiger partial charge in [-0.3, -0.25) is 19.5 Å². The monoisotopic (exact) mass is 503 g/mol. The van der Waals surface area contributed by atoms with Gasteiger partial charge in [0.15, 0.2) is 11.5 Å². The number of esters is 1. The molecular formula is C28H33N5O4. The topological polar surface area (TPSA) is 110 Å². The lowest BCUT2D eigenvalue weighted by atomic mass is 10.1. The molecule has 194 valence electrons. The molecular weight excluding hydrogens is 470 g/mol. The Morgan fingerprint density at radius 1 is 1.05 bits per heavy atom. The normalized spacial score (nSPS) is 11.6. The second kappa shape index (κ2) is 11.5. The Balaban J connectivity index is 1.65. The van der Waals surface area contributed by atoms with Crippen LogP contribution in [0, 0.1) is 13.8 Å². The number of benzene rings is 2. The third-order valence-corrected chi connectivity index (χ3v) is 6.34. The molecule has 2 heterocycles. The van der Waals surface area contributed by atoms with E-state index >= 15 is 0 Å². The number of nitrogens with one attached hydrogen (secondary N) is 1. The summed E-state index contributed by atoms with van der Waals surface area (Å²) in [6.07, 6.45) is 0.861. The predicted molar refractivity (Wildman–Crippen MR) is 143 cm³/mol. The zero-order valence-electron chi connectivity index (χ0n) is 21.8. The molecule has 0 aliphatic carbocycles. The van der Waals surface area contributed by atoms with Crippen LogP contribution in [0.25, 0.3) is 22.6 Å². The summed E-state index contributed by atoms with van der Waals surface area (Å²) in [6.45, 7) is 10.2. The van der Waals surface area contributed by atoms with Crippen LogP contribution in [0.2, 0.25) is 0 Å². The first-order chi connectivity index (χ1) is 17.7. The first-order valence-corrected chi connectivity index (χ1v) is 12.6. The fraction of sp³-hybridized carbons (Fsp3) is 0.393. The van der Waals surface area contributed by atoms with E-state index in [0.29, 0.717) is 44.5 Å². The summed E-state index contributed by atoms with van der Waals surface area (Å²) in [4.78, 5) is 49.9. The molecule has 0 atom stereocenters. The Labute approximate surface area is 215 Å². The average molecular weight is 504 g/mol. The molecule has 1 N–H and O–H groups in total. The third-order valence-electron chi connectivity index (χ3n) is 6.34.